The van der Waals surface area contributed by atoms with Crippen molar-refractivity contribution in [2.24, 2.45) is 39.4 Å². The maximum atomic E-state index is 14.2. The van der Waals surface area contributed by atoms with Crippen LogP contribution >= 0.6 is 0 Å². The number of rotatable bonds is 4. The van der Waals surface area contributed by atoms with Crippen molar-refractivity contribution in [3.63, 3.8) is 0 Å². The monoisotopic (exact) mass is 500 g/mol. The molecule has 0 unspecified atom stereocenters. The number of Topliss-reactive ketones (excluding diaryl/α,β-unsaturated/α-hetero) is 2. The van der Waals surface area contributed by atoms with Crippen LogP contribution in [0.25, 0.3) is 0 Å². The molecule has 0 amide bonds. The molecular formula is C30H44O6. The molecule has 4 aliphatic carbocycles. The molecule has 0 aromatic carbocycles. The number of hydrogen-bond donors (Lipinski definition) is 3. The number of fused-ring (bicyclic) bond motifs is 5. The van der Waals surface area contributed by atoms with Gasteiger partial charge in [-0.1, -0.05) is 38.5 Å². The van der Waals surface area contributed by atoms with Gasteiger partial charge >= 0.3 is 0 Å². The molecule has 0 saturated heterocycles. The molecule has 0 bridgehead atoms. The van der Waals surface area contributed by atoms with Gasteiger partial charge in [0.2, 0.25) is 0 Å². The number of carbonyl (C=O) groups excluding carboxylic acids is 3. The largest absolute Gasteiger partial charge is 0.393 e. The lowest BCUT2D eigenvalue weighted by Gasteiger charge is -2.64. The average Bonchev–Trinajstić information content (AvgIpc) is 2.94. The second-order valence-electron chi connectivity index (χ2n) is 14.1. The predicted molar refractivity (Wildman–Crippen MR) is 137 cm³/mol. The molecule has 0 aromatic rings. The van der Waals surface area contributed by atoms with Crippen LogP contribution in [0.3, 0.4) is 0 Å². The molecule has 0 spiro atoms. The van der Waals surface area contributed by atoms with Gasteiger partial charge in [0.05, 0.1) is 11.7 Å². The van der Waals surface area contributed by atoms with Crippen molar-refractivity contribution in [3.8, 4) is 0 Å². The van der Waals surface area contributed by atoms with Gasteiger partial charge in [0, 0.05) is 29.6 Å². The summed E-state index contributed by atoms with van der Waals surface area (Å²) in [6.45, 7) is 14.6. The smallest absolute Gasteiger partial charge is 0.187 e. The first-order valence-electron chi connectivity index (χ1n) is 13.4. The summed E-state index contributed by atoms with van der Waals surface area (Å²) in [5, 5.41) is 33.0. The molecule has 8 atom stereocenters. The van der Waals surface area contributed by atoms with Crippen molar-refractivity contribution >= 4 is 17.3 Å². The Hall–Kier alpha value is -1.63. The minimum absolute atomic E-state index is 0.0223. The van der Waals surface area contributed by atoms with Crippen molar-refractivity contribution < 1.29 is 29.7 Å². The van der Waals surface area contributed by atoms with Crippen molar-refractivity contribution in [2.75, 3.05) is 0 Å². The summed E-state index contributed by atoms with van der Waals surface area (Å²) in [4.78, 5) is 40.1. The molecular weight excluding hydrogens is 456 g/mol. The van der Waals surface area contributed by atoms with Crippen LogP contribution in [-0.4, -0.2) is 50.0 Å². The standard InChI is InChI=1S/C30H44O6/c1-25(2,35)14-13-22(33)30(8,36)24-19(31)15-27(5)20-11-9-17-18(10-12-21(32)26(17,3)4)29(20,7)23(34)16-28(24,27)6/h9,13-14,18-20,24,31,35-36H,10-12,15-16H2,1-8H3/b14-13+/t18-,19-,20+,24+,27+,28-,29+,30+/m1/s1. The van der Waals surface area contributed by atoms with E-state index in [9.17, 15) is 29.7 Å². The molecule has 3 N–H and O–H groups in total. The van der Waals surface area contributed by atoms with Crippen LogP contribution in [0, 0.1) is 39.4 Å². The minimum Gasteiger partial charge on any atom is -0.393 e. The highest BCUT2D eigenvalue weighted by molar-refractivity contribution is 5.97. The topological polar surface area (TPSA) is 112 Å². The molecule has 200 valence electrons. The average molecular weight is 501 g/mol. The quantitative estimate of drug-likeness (QED) is 0.398. The Labute approximate surface area is 215 Å². The zero-order valence-electron chi connectivity index (χ0n) is 23.1. The van der Waals surface area contributed by atoms with Gasteiger partial charge in [-0.3, -0.25) is 14.4 Å². The van der Waals surface area contributed by atoms with E-state index in [0.29, 0.717) is 25.7 Å². The van der Waals surface area contributed by atoms with Gasteiger partial charge in [-0.25, -0.2) is 0 Å². The number of carbonyl (C=O) groups is 3. The van der Waals surface area contributed by atoms with Crippen LogP contribution in [0.2, 0.25) is 0 Å². The van der Waals surface area contributed by atoms with Gasteiger partial charge in [-0.05, 0) is 82.6 Å². The Kier molecular flexibility index (Phi) is 6.04. The van der Waals surface area contributed by atoms with Gasteiger partial charge in [0.1, 0.15) is 17.2 Å². The van der Waals surface area contributed by atoms with E-state index >= 15 is 0 Å². The Morgan fingerprint density at radius 2 is 1.64 bits per heavy atom. The summed E-state index contributed by atoms with van der Waals surface area (Å²) in [6, 6.07) is 0. The Balaban J connectivity index is 1.79. The first kappa shape index (κ1) is 27.4. The highest BCUT2D eigenvalue weighted by Gasteiger charge is 2.74. The van der Waals surface area contributed by atoms with Crippen molar-refractivity contribution in [1.29, 1.82) is 0 Å². The SMILES string of the molecule is CC(C)(O)/C=C/C(=O)[C@](C)(O)[C@H]1[C@H](O)C[C@@]2(C)[C@@H]3CC=C4[C@@H](CCC(=O)C4(C)C)[C@]3(C)C(=O)C[C@]12C. The summed E-state index contributed by atoms with van der Waals surface area (Å²) >= 11 is 0. The molecule has 36 heavy (non-hydrogen) atoms. The van der Waals surface area contributed by atoms with Crippen LogP contribution in [0.1, 0.15) is 87.5 Å². The third-order valence-electron chi connectivity index (χ3n) is 11.1. The van der Waals surface area contributed by atoms with Crippen LogP contribution in [0.15, 0.2) is 23.8 Å². The summed E-state index contributed by atoms with van der Waals surface area (Å²) in [5.74, 6) is -1.20. The van der Waals surface area contributed by atoms with Gasteiger partial charge in [0.15, 0.2) is 5.78 Å². The van der Waals surface area contributed by atoms with E-state index in [4.69, 9.17) is 0 Å². The van der Waals surface area contributed by atoms with Crippen LogP contribution < -0.4 is 0 Å². The van der Waals surface area contributed by atoms with Gasteiger partial charge in [-0.15, -0.1) is 0 Å². The van der Waals surface area contributed by atoms with Gasteiger partial charge in [0.25, 0.3) is 0 Å². The fourth-order valence-electron chi connectivity index (χ4n) is 8.94. The molecule has 0 heterocycles. The van der Waals surface area contributed by atoms with E-state index in [0.717, 1.165) is 5.57 Å². The molecule has 3 fully saturated rings. The third-order valence-corrected chi connectivity index (χ3v) is 11.1. The maximum Gasteiger partial charge on any atom is 0.187 e. The Bertz CT molecular complexity index is 1060. The van der Waals surface area contributed by atoms with Gasteiger partial charge < -0.3 is 15.3 Å². The van der Waals surface area contributed by atoms with Crippen molar-refractivity contribution in [3.05, 3.63) is 23.8 Å². The lowest BCUT2D eigenvalue weighted by Crippen LogP contribution is -2.64. The molecule has 4 aliphatic rings. The van der Waals surface area contributed by atoms with Crippen LogP contribution in [0.5, 0.6) is 0 Å². The third kappa shape index (κ3) is 3.50. The molecule has 3 saturated carbocycles. The second-order valence-corrected chi connectivity index (χ2v) is 14.1. The van der Waals surface area contributed by atoms with Crippen molar-refractivity contribution in [1.82, 2.24) is 0 Å². The lowest BCUT2D eigenvalue weighted by molar-refractivity contribution is -0.182. The van der Waals surface area contributed by atoms with E-state index in [1.807, 2.05) is 20.8 Å². The van der Waals surface area contributed by atoms with E-state index in [1.165, 1.54) is 19.1 Å². The number of aliphatic hydroxyl groups excluding tert-OH is 1. The molecule has 0 radical (unpaired) electrons. The molecule has 4 rings (SSSR count). The summed E-state index contributed by atoms with van der Waals surface area (Å²) in [5.41, 5.74) is -4.61. The van der Waals surface area contributed by atoms with E-state index in [1.54, 1.807) is 13.8 Å². The lowest BCUT2D eigenvalue weighted by atomic mass is 9.38. The van der Waals surface area contributed by atoms with Crippen LogP contribution in [0.4, 0.5) is 0 Å². The highest BCUT2D eigenvalue weighted by Crippen LogP contribution is 2.74. The van der Waals surface area contributed by atoms with Gasteiger partial charge in [-0.2, -0.15) is 0 Å². The summed E-state index contributed by atoms with van der Waals surface area (Å²) < 4.78 is 0. The molecule has 6 heteroatoms. The summed E-state index contributed by atoms with van der Waals surface area (Å²) in [6.07, 6.45) is 6.04. The maximum absolute atomic E-state index is 14.2. The molecule has 6 nitrogen and oxygen atoms in total. The predicted octanol–water partition coefficient (Wildman–Crippen LogP) is 3.96. The van der Waals surface area contributed by atoms with Crippen LogP contribution in [-0.2, 0) is 14.4 Å². The fraction of sp³-hybridized carbons (Fsp3) is 0.767. The zero-order chi connectivity index (χ0) is 27.3. The normalized spacial score (nSPS) is 43.9. The Morgan fingerprint density at radius 3 is 2.22 bits per heavy atom. The highest BCUT2D eigenvalue weighted by atomic mass is 16.3. The Morgan fingerprint density at radius 1 is 1.03 bits per heavy atom. The zero-order valence-corrected chi connectivity index (χ0v) is 23.1. The number of hydrogen-bond acceptors (Lipinski definition) is 6. The summed E-state index contributed by atoms with van der Waals surface area (Å²) in [7, 11) is 0. The first-order valence-corrected chi connectivity index (χ1v) is 13.4. The van der Waals surface area contributed by atoms with E-state index in [2.05, 4.69) is 19.9 Å². The number of aliphatic hydroxyl groups is 3. The second kappa shape index (κ2) is 7.94. The number of ketones is 3. The molecule has 0 aromatic heterocycles. The minimum atomic E-state index is -1.91. The first-order chi connectivity index (χ1) is 16.2. The number of allylic oxidation sites excluding steroid dienone is 2. The van der Waals surface area contributed by atoms with E-state index < -0.39 is 50.7 Å². The van der Waals surface area contributed by atoms with Crippen molar-refractivity contribution in [2.45, 2.75) is 105 Å². The molecule has 0 aliphatic heterocycles. The fourth-order valence-corrected chi connectivity index (χ4v) is 8.94. The van der Waals surface area contributed by atoms with E-state index in [-0.39, 0.29) is 29.8 Å².